The second-order valence-electron chi connectivity index (χ2n) is 2.62. The Kier molecular flexibility index (Phi) is 3.20. The maximum atomic E-state index is 12.7. The quantitative estimate of drug-likeness (QED) is 0.585. The zero-order chi connectivity index (χ0) is 11.6. The molecule has 0 radical (unpaired) electrons. The van der Waals surface area contributed by atoms with Crippen molar-refractivity contribution >= 4 is 7.32 Å². The molecule has 0 unspecified atom stereocenters. The molecule has 3 nitrogen and oxygen atoms in total. The van der Waals surface area contributed by atoms with Crippen molar-refractivity contribution in [3.8, 4) is 5.75 Å². The Morgan fingerprint density at radius 3 is 2.20 bits per heavy atom. The van der Waals surface area contributed by atoms with E-state index in [1.54, 1.807) is 0 Å². The summed E-state index contributed by atoms with van der Waals surface area (Å²) < 4.78 is 53.2. The van der Waals surface area contributed by atoms with Gasteiger partial charge in [-0.25, -0.2) is 4.39 Å². The Morgan fingerprint density at radius 1 is 1.13 bits per heavy atom. The van der Waals surface area contributed by atoms with E-state index in [4.69, 9.17) is 10.0 Å². The molecule has 0 atom stereocenters. The Balaban J connectivity index is 3.06. The summed E-state index contributed by atoms with van der Waals surface area (Å²) >= 11 is 0. The largest absolute Gasteiger partial charge is 0.707 e. The molecule has 1 aromatic rings. The van der Waals surface area contributed by atoms with Crippen molar-refractivity contribution in [2.75, 3.05) is 0 Å². The maximum Gasteiger partial charge on any atom is 0.707 e. The van der Waals surface area contributed by atoms with Gasteiger partial charge in [0.05, 0.1) is 5.56 Å². The van der Waals surface area contributed by atoms with Crippen LogP contribution in [0.1, 0.15) is 5.56 Å². The zero-order valence-corrected chi connectivity index (χ0v) is 7.12. The average Bonchev–Trinajstić information content (AvgIpc) is 1.99. The Hall–Kier alpha value is -1.28. The standard InChI is InChI=1S/C7H5BF4O3/c9-5-1-4(7(10,11)12)2-6(3-5)15-8(13)14/h1-3,13-14H. The highest BCUT2D eigenvalue weighted by atomic mass is 19.4. The lowest BCUT2D eigenvalue weighted by Crippen LogP contribution is -2.21. The molecule has 0 saturated carbocycles. The first-order valence-electron chi connectivity index (χ1n) is 3.69. The molecule has 0 aliphatic heterocycles. The van der Waals surface area contributed by atoms with E-state index in [0.29, 0.717) is 12.1 Å². The van der Waals surface area contributed by atoms with Gasteiger partial charge in [-0.05, 0) is 12.1 Å². The van der Waals surface area contributed by atoms with E-state index >= 15 is 0 Å². The van der Waals surface area contributed by atoms with Crippen LogP contribution >= 0.6 is 0 Å². The van der Waals surface area contributed by atoms with Gasteiger partial charge in [0, 0.05) is 6.07 Å². The first-order valence-corrected chi connectivity index (χ1v) is 3.69. The number of alkyl halides is 3. The van der Waals surface area contributed by atoms with Gasteiger partial charge in [-0.1, -0.05) is 0 Å². The molecule has 0 aliphatic rings. The summed E-state index contributed by atoms with van der Waals surface area (Å²) in [6, 6.07) is 1.34. The number of rotatable bonds is 2. The van der Waals surface area contributed by atoms with Gasteiger partial charge in [-0.3, -0.25) is 0 Å². The summed E-state index contributed by atoms with van der Waals surface area (Å²) in [5.41, 5.74) is -1.27. The molecule has 0 amide bonds. The minimum atomic E-state index is -4.72. The number of halogens is 4. The normalized spacial score (nSPS) is 11.3. The van der Waals surface area contributed by atoms with Gasteiger partial charge in [0.1, 0.15) is 11.6 Å². The highest BCUT2D eigenvalue weighted by Gasteiger charge is 2.31. The summed E-state index contributed by atoms with van der Waals surface area (Å²) in [6.45, 7) is 0. The van der Waals surface area contributed by atoms with Gasteiger partial charge >= 0.3 is 13.5 Å². The highest BCUT2D eigenvalue weighted by molar-refractivity contribution is 6.33. The van der Waals surface area contributed by atoms with Gasteiger partial charge in [-0.2, -0.15) is 13.2 Å². The topological polar surface area (TPSA) is 49.7 Å². The third-order valence-electron chi connectivity index (χ3n) is 1.44. The lowest BCUT2D eigenvalue weighted by atomic mass is 10.2. The van der Waals surface area contributed by atoms with Gasteiger partial charge in [0.25, 0.3) is 0 Å². The van der Waals surface area contributed by atoms with E-state index in [2.05, 4.69) is 4.65 Å². The van der Waals surface area contributed by atoms with Crippen LogP contribution in [-0.2, 0) is 6.18 Å². The summed E-state index contributed by atoms with van der Waals surface area (Å²) in [6.07, 6.45) is -4.72. The molecular formula is C7H5BF4O3. The van der Waals surface area contributed by atoms with Crippen molar-refractivity contribution < 1.29 is 32.3 Å². The van der Waals surface area contributed by atoms with Crippen LogP contribution in [-0.4, -0.2) is 17.4 Å². The second kappa shape index (κ2) is 4.07. The molecule has 0 bridgehead atoms. The molecule has 0 saturated heterocycles. The Bertz CT molecular complexity index is 353. The summed E-state index contributed by atoms with van der Waals surface area (Å²) in [5.74, 6) is -1.79. The minimum absolute atomic E-state index is 0.274. The lowest BCUT2D eigenvalue weighted by Gasteiger charge is -2.10. The Morgan fingerprint density at radius 2 is 1.73 bits per heavy atom. The third-order valence-corrected chi connectivity index (χ3v) is 1.44. The van der Waals surface area contributed by atoms with Crippen LogP contribution in [0.2, 0.25) is 0 Å². The molecule has 0 heterocycles. The van der Waals surface area contributed by atoms with Crippen LogP contribution in [0.4, 0.5) is 17.6 Å². The molecule has 2 N–H and O–H groups in total. The van der Waals surface area contributed by atoms with Crippen LogP contribution in [0.15, 0.2) is 18.2 Å². The van der Waals surface area contributed by atoms with Crippen LogP contribution in [0.25, 0.3) is 0 Å². The minimum Gasteiger partial charge on any atom is -0.512 e. The fraction of sp³-hybridized carbons (Fsp3) is 0.143. The monoisotopic (exact) mass is 224 g/mol. The first-order chi connectivity index (χ1) is 6.79. The molecule has 0 aromatic heterocycles. The number of hydrogen-bond acceptors (Lipinski definition) is 3. The van der Waals surface area contributed by atoms with Gasteiger partial charge in [0.15, 0.2) is 0 Å². The molecule has 1 rings (SSSR count). The van der Waals surface area contributed by atoms with Crippen molar-refractivity contribution in [2.24, 2.45) is 0 Å². The zero-order valence-electron chi connectivity index (χ0n) is 7.12. The highest BCUT2D eigenvalue weighted by Crippen LogP contribution is 2.32. The predicted molar refractivity (Wildman–Crippen MR) is 42.2 cm³/mol. The fourth-order valence-corrected chi connectivity index (χ4v) is 0.916. The summed E-state index contributed by atoms with van der Waals surface area (Å²) in [5, 5.41) is 16.6. The maximum absolute atomic E-state index is 12.7. The first kappa shape index (κ1) is 11.8. The van der Waals surface area contributed by atoms with Crippen LogP contribution in [0.5, 0.6) is 5.75 Å². The third kappa shape index (κ3) is 3.41. The molecule has 8 heteroatoms. The molecule has 15 heavy (non-hydrogen) atoms. The van der Waals surface area contributed by atoms with Gasteiger partial charge < -0.3 is 14.7 Å². The number of hydrogen-bond donors (Lipinski definition) is 2. The SMILES string of the molecule is OB(O)Oc1cc(F)cc(C(F)(F)F)c1. The summed E-state index contributed by atoms with van der Waals surface area (Å²) in [4.78, 5) is 0. The molecule has 0 fully saturated rings. The van der Waals surface area contributed by atoms with Crippen LogP contribution < -0.4 is 4.65 Å². The second-order valence-corrected chi connectivity index (χ2v) is 2.62. The van der Waals surface area contributed by atoms with Crippen molar-refractivity contribution in [3.63, 3.8) is 0 Å². The van der Waals surface area contributed by atoms with Gasteiger partial charge in [-0.15, -0.1) is 0 Å². The summed E-state index contributed by atoms with van der Waals surface area (Å²) in [7, 11) is -2.30. The van der Waals surface area contributed by atoms with E-state index in [1.165, 1.54) is 0 Å². The van der Waals surface area contributed by atoms with Crippen molar-refractivity contribution in [1.82, 2.24) is 0 Å². The predicted octanol–water partition coefficient (Wildman–Crippen LogP) is 1.19. The van der Waals surface area contributed by atoms with Gasteiger partial charge in [0.2, 0.25) is 0 Å². The fourth-order valence-electron chi connectivity index (χ4n) is 0.916. The smallest absolute Gasteiger partial charge is 0.512 e. The van der Waals surface area contributed by atoms with E-state index < -0.39 is 30.6 Å². The van der Waals surface area contributed by atoms with E-state index in [-0.39, 0.29) is 6.07 Å². The van der Waals surface area contributed by atoms with E-state index in [9.17, 15) is 17.6 Å². The molecular weight excluding hydrogens is 219 g/mol. The van der Waals surface area contributed by atoms with Crippen molar-refractivity contribution in [2.45, 2.75) is 6.18 Å². The van der Waals surface area contributed by atoms with Crippen LogP contribution in [0, 0.1) is 5.82 Å². The molecule has 0 aliphatic carbocycles. The molecule has 1 aromatic carbocycles. The van der Waals surface area contributed by atoms with E-state index in [0.717, 1.165) is 0 Å². The number of benzene rings is 1. The Labute approximate surface area is 82.1 Å². The lowest BCUT2D eigenvalue weighted by molar-refractivity contribution is -0.137. The average molecular weight is 224 g/mol. The van der Waals surface area contributed by atoms with E-state index in [1.807, 2.05) is 0 Å². The van der Waals surface area contributed by atoms with Crippen molar-refractivity contribution in [1.29, 1.82) is 0 Å². The van der Waals surface area contributed by atoms with Crippen LogP contribution in [0.3, 0.4) is 0 Å². The van der Waals surface area contributed by atoms with Crippen molar-refractivity contribution in [3.05, 3.63) is 29.6 Å². The molecule has 82 valence electrons. The molecule has 0 spiro atoms.